The Hall–Kier alpha value is -1.31. The van der Waals surface area contributed by atoms with Crippen molar-refractivity contribution in [2.45, 2.75) is 25.7 Å². The molecule has 0 saturated heterocycles. The third-order valence-corrected chi connectivity index (χ3v) is 2.89. The second-order valence-corrected chi connectivity index (χ2v) is 4.13. The number of benzene rings is 1. The van der Waals surface area contributed by atoms with Crippen molar-refractivity contribution in [3.63, 3.8) is 0 Å². The SMILES string of the molecule is COc1ccc(C(=O)CCC2CC2)cc1. The Balaban J connectivity index is 1.91. The maximum Gasteiger partial charge on any atom is 0.162 e. The highest BCUT2D eigenvalue weighted by molar-refractivity contribution is 5.96. The van der Waals surface area contributed by atoms with Gasteiger partial charge in [0.15, 0.2) is 5.78 Å². The van der Waals surface area contributed by atoms with Crippen molar-refractivity contribution in [1.29, 1.82) is 0 Å². The zero-order chi connectivity index (χ0) is 10.7. The molecule has 1 fully saturated rings. The molecule has 2 rings (SSSR count). The Morgan fingerprint density at radius 1 is 1.33 bits per heavy atom. The third kappa shape index (κ3) is 2.82. The highest BCUT2D eigenvalue weighted by Gasteiger charge is 2.22. The third-order valence-electron chi connectivity index (χ3n) is 2.89. The summed E-state index contributed by atoms with van der Waals surface area (Å²) in [5.74, 6) is 1.88. The van der Waals surface area contributed by atoms with E-state index in [4.69, 9.17) is 4.74 Å². The maximum atomic E-state index is 11.7. The van der Waals surface area contributed by atoms with Gasteiger partial charge in [-0.3, -0.25) is 4.79 Å². The molecular weight excluding hydrogens is 188 g/mol. The molecule has 0 atom stereocenters. The Morgan fingerprint density at radius 3 is 2.53 bits per heavy atom. The maximum absolute atomic E-state index is 11.7. The lowest BCUT2D eigenvalue weighted by molar-refractivity contribution is 0.0978. The van der Waals surface area contributed by atoms with Crippen molar-refractivity contribution >= 4 is 5.78 Å². The van der Waals surface area contributed by atoms with Gasteiger partial charge in [0.25, 0.3) is 0 Å². The van der Waals surface area contributed by atoms with Gasteiger partial charge in [0, 0.05) is 12.0 Å². The van der Waals surface area contributed by atoms with Crippen LogP contribution < -0.4 is 4.74 Å². The zero-order valence-corrected chi connectivity index (χ0v) is 9.03. The van der Waals surface area contributed by atoms with Crippen LogP contribution in [0.4, 0.5) is 0 Å². The summed E-state index contributed by atoms with van der Waals surface area (Å²) in [5, 5.41) is 0. The van der Waals surface area contributed by atoms with Crippen molar-refractivity contribution in [2.24, 2.45) is 5.92 Å². The van der Waals surface area contributed by atoms with Gasteiger partial charge in [-0.15, -0.1) is 0 Å². The van der Waals surface area contributed by atoms with Gasteiger partial charge in [-0.05, 0) is 36.6 Å². The van der Waals surface area contributed by atoms with Crippen molar-refractivity contribution in [3.05, 3.63) is 29.8 Å². The Bertz CT molecular complexity index is 336. The van der Waals surface area contributed by atoms with E-state index in [1.54, 1.807) is 7.11 Å². The van der Waals surface area contributed by atoms with Crippen molar-refractivity contribution in [2.75, 3.05) is 7.11 Å². The van der Waals surface area contributed by atoms with E-state index in [2.05, 4.69) is 0 Å². The molecule has 0 aliphatic heterocycles. The summed E-state index contributed by atoms with van der Waals surface area (Å²) >= 11 is 0. The molecule has 1 aromatic carbocycles. The Morgan fingerprint density at radius 2 is 2.00 bits per heavy atom. The lowest BCUT2D eigenvalue weighted by Crippen LogP contribution is -1.99. The molecule has 0 heterocycles. The number of carbonyl (C=O) groups excluding carboxylic acids is 1. The molecule has 1 aromatic rings. The number of ether oxygens (including phenoxy) is 1. The standard InChI is InChI=1S/C13H16O2/c1-15-12-7-5-11(6-8-12)13(14)9-4-10-2-3-10/h5-8,10H,2-4,9H2,1H3. The summed E-state index contributed by atoms with van der Waals surface area (Å²) in [4.78, 5) is 11.7. The fourth-order valence-electron chi connectivity index (χ4n) is 1.66. The molecule has 80 valence electrons. The first-order chi connectivity index (χ1) is 7.29. The van der Waals surface area contributed by atoms with E-state index >= 15 is 0 Å². The normalized spacial score (nSPS) is 15.0. The summed E-state index contributed by atoms with van der Waals surface area (Å²) < 4.78 is 5.05. The minimum Gasteiger partial charge on any atom is -0.497 e. The molecule has 0 bridgehead atoms. The summed E-state index contributed by atoms with van der Waals surface area (Å²) in [6.45, 7) is 0. The van der Waals surface area contributed by atoms with Crippen LogP contribution in [-0.2, 0) is 0 Å². The fourth-order valence-corrected chi connectivity index (χ4v) is 1.66. The molecule has 1 aliphatic carbocycles. The van der Waals surface area contributed by atoms with Crippen LogP contribution in [0.5, 0.6) is 5.75 Å². The van der Waals surface area contributed by atoms with Gasteiger partial charge in [0.2, 0.25) is 0 Å². The predicted molar refractivity (Wildman–Crippen MR) is 59.3 cm³/mol. The smallest absolute Gasteiger partial charge is 0.162 e. The minimum absolute atomic E-state index is 0.254. The first-order valence-corrected chi connectivity index (χ1v) is 5.47. The zero-order valence-electron chi connectivity index (χ0n) is 9.03. The summed E-state index contributed by atoms with van der Waals surface area (Å²) in [7, 11) is 1.63. The molecule has 2 heteroatoms. The molecule has 0 amide bonds. The average molecular weight is 204 g/mol. The van der Waals surface area contributed by atoms with E-state index in [-0.39, 0.29) is 5.78 Å². The molecule has 0 N–H and O–H groups in total. The second-order valence-electron chi connectivity index (χ2n) is 4.13. The number of rotatable bonds is 5. The molecule has 0 unspecified atom stereocenters. The van der Waals surface area contributed by atoms with E-state index in [9.17, 15) is 4.79 Å². The van der Waals surface area contributed by atoms with Gasteiger partial charge < -0.3 is 4.74 Å². The number of hydrogen-bond donors (Lipinski definition) is 0. The van der Waals surface area contributed by atoms with Crippen LogP contribution in [0.2, 0.25) is 0 Å². The van der Waals surface area contributed by atoms with Crippen LogP contribution in [-0.4, -0.2) is 12.9 Å². The van der Waals surface area contributed by atoms with Gasteiger partial charge in [0.1, 0.15) is 5.75 Å². The highest BCUT2D eigenvalue weighted by atomic mass is 16.5. The van der Waals surface area contributed by atoms with Crippen LogP contribution in [0, 0.1) is 5.92 Å². The van der Waals surface area contributed by atoms with Gasteiger partial charge >= 0.3 is 0 Å². The van der Waals surface area contributed by atoms with Gasteiger partial charge in [-0.1, -0.05) is 12.8 Å². The quantitative estimate of drug-likeness (QED) is 0.689. The number of hydrogen-bond acceptors (Lipinski definition) is 2. The summed E-state index contributed by atoms with van der Waals surface area (Å²) in [6, 6.07) is 7.36. The Kier molecular flexibility index (Phi) is 3.05. The summed E-state index contributed by atoms with van der Waals surface area (Å²) in [6.07, 6.45) is 4.38. The van der Waals surface area contributed by atoms with Gasteiger partial charge in [-0.2, -0.15) is 0 Å². The largest absolute Gasteiger partial charge is 0.497 e. The average Bonchev–Trinajstić information content (AvgIpc) is 3.10. The molecule has 2 nitrogen and oxygen atoms in total. The van der Waals surface area contributed by atoms with Crippen LogP contribution in [0.15, 0.2) is 24.3 Å². The van der Waals surface area contributed by atoms with Gasteiger partial charge in [-0.25, -0.2) is 0 Å². The number of Topliss-reactive ketones (excluding diaryl/α,β-unsaturated/α-hetero) is 1. The van der Waals surface area contributed by atoms with E-state index in [0.29, 0.717) is 6.42 Å². The van der Waals surface area contributed by atoms with Crippen LogP contribution >= 0.6 is 0 Å². The molecule has 0 spiro atoms. The first kappa shape index (κ1) is 10.2. The van der Waals surface area contributed by atoms with Crippen LogP contribution in [0.3, 0.4) is 0 Å². The van der Waals surface area contributed by atoms with Crippen molar-refractivity contribution in [1.82, 2.24) is 0 Å². The monoisotopic (exact) mass is 204 g/mol. The molecular formula is C13H16O2. The van der Waals surface area contributed by atoms with E-state index in [0.717, 1.165) is 23.7 Å². The van der Waals surface area contributed by atoms with E-state index in [1.807, 2.05) is 24.3 Å². The number of methoxy groups -OCH3 is 1. The molecule has 0 aromatic heterocycles. The van der Waals surface area contributed by atoms with Crippen molar-refractivity contribution in [3.8, 4) is 5.75 Å². The number of carbonyl (C=O) groups is 1. The first-order valence-electron chi connectivity index (χ1n) is 5.47. The van der Waals surface area contributed by atoms with E-state index < -0.39 is 0 Å². The Labute approximate surface area is 90.3 Å². The molecule has 0 radical (unpaired) electrons. The fraction of sp³-hybridized carbons (Fsp3) is 0.462. The van der Waals surface area contributed by atoms with Crippen molar-refractivity contribution < 1.29 is 9.53 Å². The molecule has 1 aliphatic rings. The number of ketones is 1. The predicted octanol–water partition coefficient (Wildman–Crippen LogP) is 3.07. The van der Waals surface area contributed by atoms with Crippen LogP contribution in [0.1, 0.15) is 36.0 Å². The molecule has 1 saturated carbocycles. The van der Waals surface area contributed by atoms with Gasteiger partial charge in [0.05, 0.1) is 7.11 Å². The lowest BCUT2D eigenvalue weighted by atomic mass is 10.1. The summed E-state index contributed by atoms with van der Waals surface area (Å²) in [5.41, 5.74) is 0.802. The molecule has 15 heavy (non-hydrogen) atoms. The topological polar surface area (TPSA) is 26.3 Å². The van der Waals surface area contributed by atoms with E-state index in [1.165, 1.54) is 12.8 Å². The minimum atomic E-state index is 0.254. The van der Waals surface area contributed by atoms with Crippen LogP contribution in [0.25, 0.3) is 0 Å². The lowest BCUT2D eigenvalue weighted by Gasteiger charge is -2.02. The second kappa shape index (κ2) is 4.47. The highest BCUT2D eigenvalue weighted by Crippen LogP contribution is 2.33.